The molecule has 0 aromatic rings. The average Bonchev–Trinajstić information content (AvgIpc) is 2.68. The lowest BCUT2D eigenvalue weighted by Gasteiger charge is -2.43. The molecule has 0 amide bonds. The molecule has 0 radical (unpaired) electrons. The normalized spacial score (nSPS) is 42.1. The maximum Gasteiger partial charge on any atom is 0.106 e. The van der Waals surface area contributed by atoms with Crippen molar-refractivity contribution in [2.24, 2.45) is 17.6 Å². The summed E-state index contributed by atoms with van der Waals surface area (Å²) < 4.78 is 0. The van der Waals surface area contributed by atoms with Crippen molar-refractivity contribution in [3.05, 3.63) is 0 Å². The molecule has 2 aliphatic carbocycles. The summed E-state index contributed by atoms with van der Waals surface area (Å²) in [5.41, 5.74) is 5.89. The molecule has 0 spiro atoms. The quantitative estimate of drug-likeness (QED) is 0.299. The minimum absolute atomic E-state index is 0.0351. The maximum absolute atomic E-state index is 10.0. The zero-order chi connectivity index (χ0) is 21.0. The van der Waals surface area contributed by atoms with Crippen LogP contribution in [0.2, 0.25) is 0 Å². The van der Waals surface area contributed by atoms with Crippen LogP contribution in [0.15, 0.2) is 0 Å². The summed E-state index contributed by atoms with van der Waals surface area (Å²) in [5.74, 6) is -0.868. The van der Waals surface area contributed by atoms with Crippen molar-refractivity contribution in [1.82, 2.24) is 0 Å². The van der Waals surface area contributed by atoms with Crippen LogP contribution in [-0.2, 0) is 0 Å². The van der Waals surface area contributed by atoms with E-state index >= 15 is 0 Å². The molecule has 0 bridgehead atoms. The van der Waals surface area contributed by atoms with Crippen LogP contribution in [0.25, 0.3) is 0 Å². The van der Waals surface area contributed by atoms with Gasteiger partial charge in [-0.15, -0.1) is 0 Å². The molecule has 160 valence electrons. The van der Waals surface area contributed by atoms with Gasteiger partial charge in [-0.1, -0.05) is 27.7 Å². The van der Waals surface area contributed by atoms with Gasteiger partial charge in [0.25, 0.3) is 0 Å². The van der Waals surface area contributed by atoms with Gasteiger partial charge in [-0.25, -0.2) is 0 Å². The van der Waals surface area contributed by atoms with Crippen molar-refractivity contribution in [2.45, 2.75) is 96.0 Å². The average molecular weight is 384 g/mol. The van der Waals surface area contributed by atoms with Gasteiger partial charge in [0.05, 0.1) is 30.5 Å². The lowest BCUT2D eigenvalue weighted by Crippen LogP contribution is -2.57. The highest BCUT2D eigenvalue weighted by Gasteiger charge is 2.45. The highest BCUT2D eigenvalue weighted by molar-refractivity contribution is 4.98. The van der Waals surface area contributed by atoms with Gasteiger partial charge in [-0.2, -0.15) is 0 Å². The Hall–Kier alpha value is -0.320. The lowest BCUT2D eigenvalue weighted by molar-refractivity contribution is -0.132. The van der Waals surface area contributed by atoms with E-state index < -0.39 is 48.6 Å². The van der Waals surface area contributed by atoms with Crippen LogP contribution in [-0.4, -0.2) is 85.5 Å². The van der Waals surface area contributed by atoms with Crippen LogP contribution in [0, 0.1) is 11.8 Å². The first kappa shape index (κ1) is 27.9. The highest BCUT2D eigenvalue weighted by Crippen LogP contribution is 2.35. The van der Waals surface area contributed by atoms with Crippen LogP contribution < -0.4 is 5.73 Å². The zero-order valence-electron chi connectivity index (χ0n) is 16.7. The van der Waals surface area contributed by atoms with Gasteiger partial charge in [-0.05, 0) is 25.2 Å². The summed E-state index contributed by atoms with van der Waals surface area (Å²) in [6.45, 7) is 8.00. The molecule has 26 heavy (non-hydrogen) atoms. The summed E-state index contributed by atoms with van der Waals surface area (Å²) >= 11 is 0. The third kappa shape index (κ3) is 7.36. The van der Waals surface area contributed by atoms with Crippen molar-refractivity contribution in [3.8, 4) is 0 Å². The Labute approximate surface area is 157 Å². The van der Waals surface area contributed by atoms with Gasteiger partial charge in [0.2, 0.25) is 0 Å². The van der Waals surface area contributed by atoms with Crippen molar-refractivity contribution >= 4 is 0 Å². The molecular formula is C18H41NO7. The predicted octanol–water partition coefficient (Wildman–Crippen LogP) is -1.04. The Balaban J connectivity index is 0. The minimum atomic E-state index is -1.21. The molecule has 8 heteroatoms. The fraction of sp³-hybridized carbons (Fsp3) is 1.00. The number of hydrogen-bond acceptors (Lipinski definition) is 8. The van der Waals surface area contributed by atoms with E-state index in [0.717, 1.165) is 7.11 Å². The predicted molar refractivity (Wildman–Crippen MR) is 100 cm³/mol. The SMILES string of the molecule is CC.CC.CO.NC1C(O)CC(O)C(O)C1CC1CCC(O)C(O)C1O. The number of aliphatic hydroxyl groups excluding tert-OH is 7. The molecule has 9 atom stereocenters. The van der Waals surface area contributed by atoms with Gasteiger partial charge < -0.3 is 41.5 Å². The molecule has 2 saturated carbocycles. The highest BCUT2D eigenvalue weighted by atomic mass is 16.4. The third-order valence-corrected chi connectivity index (χ3v) is 4.89. The minimum Gasteiger partial charge on any atom is -0.400 e. The van der Waals surface area contributed by atoms with Gasteiger partial charge in [0.15, 0.2) is 0 Å². The first-order chi connectivity index (χ1) is 12.3. The molecule has 9 N–H and O–H groups in total. The van der Waals surface area contributed by atoms with Crippen molar-refractivity contribution in [3.63, 3.8) is 0 Å². The molecule has 2 rings (SSSR count). The van der Waals surface area contributed by atoms with Crippen LogP contribution in [0.4, 0.5) is 0 Å². The molecule has 0 aromatic heterocycles. The molecule has 0 aliphatic heterocycles. The van der Waals surface area contributed by atoms with E-state index in [9.17, 15) is 30.6 Å². The van der Waals surface area contributed by atoms with Crippen LogP contribution in [0.3, 0.4) is 0 Å². The van der Waals surface area contributed by atoms with Gasteiger partial charge >= 0.3 is 0 Å². The lowest BCUT2D eigenvalue weighted by atomic mass is 9.70. The summed E-state index contributed by atoms with van der Waals surface area (Å²) in [6.07, 6.45) is -5.02. The smallest absolute Gasteiger partial charge is 0.106 e. The number of aliphatic hydroxyl groups is 7. The van der Waals surface area contributed by atoms with Crippen molar-refractivity contribution in [1.29, 1.82) is 0 Å². The van der Waals surface area contributed by atoms with Gasteiger partial charge in [-0.3, -0.25) is 0 Å². The second-order valence-corrected chi connectivity index (χ2v) is 6.22. The maximum atomic E-state index is 10.0. The Morgan fingerprint density at radius 1 is 0.692 bits per heavy atom. The molecule has 2 fully saturated rings. The van der Waals surface area contributed by atoms with Crippen LogP contribution in [0.5, 0.6) is 0 Å². The largest absolute Gasteiger partial charge is 0.400 e. The molecule has 2 aliphatic rings. The summed E-state index contributed by atoms with van der Waals surface area (Å²) in [6, 6.07) is -0.676. The van der Waals surface area contributed by atoms with Crippen molar-refractivity contribution in [2.75, 3.05) is 7.11 Å². The van der Waals surface area contributed by atoms with Gasteiger partial charge in [0.1, 0.15) is 6.10 Å². The summed E-state index contributed by atoms with van der Waals surface area (Å²) in [7, 11) is 1.00. The second kappa shape index (κ2) is 14.7. The first-order valence-corrected chi connectivity index (χ1v) is 9.61. The first-order valence-electron chi connectivity index (χ1n) is 9.61. The summed E-state index contributed by atoms with van der Waals surface area (Å²) in [4.78, 5) is 0. The second-order valence-electron chi connectivity index (χ2n) is 6.22. The molecule has 0 saturated heterocycles. The molecule has 0 aromatic carbocycles. The molecule has 0 heterocycles. The Kier molecular flexibility index (Phi) is 15.8. The van der Waals surface area contributed by atoms with E-state index in [1.54, 1.807) is 0 Å². The van der Waals surface area contributed by atoms with E-state index in [2.05, 4.69) is 0 Å². The number of nitrogens with two attached hydrogens (primary N) is 1. The van der Waals surface area contributed by atoms with Crippen LogP contribution in [0.1, 0.15) is 53.4 Å². The third-order valence-electron chi connectivity index (χ3n) is 4.89. The van der Waals surface area contributed by atoms with E-state index in [0.29, 0.717) is 19.3 Å². The zero-order valence-corrected chi connectivity index (χ0v) is 16.7. The van der Waals surface area contributed by atoms with E-state index in [1.165, 1.54) is 0 Å². The Morgan fingerprint density at radius 3 is 1.69 bits per heavy atom. The Morgan fingerprint density at radius 2 is 1.19 bits per heavy atom. The number of rotatable bonds is 2. The van der Waals surface area contributed by atoms with E-state index in [1.807, 2.05) is 27.7 Å². The Bertz CT molecular complexity index is 321. The van der Waals surface area contributed by atoms with Crippen LogP contribution >= 0.6 is 0 Å². The summed E-state index contributed by atoms with van der Waals surface area (Å²) in [5, 5.41) is 65.7. The standard InChI is InChI=1S/C13H25NO6.2C2H6.CH4O/c14-10-6(12(19)9(17)4-8(10)16)3-5-1-2-7(15)13(20)11(5)18;3*1-2/h5-13,15-20H,1-4,14H2;2*1-2H3;2H,1H3. The fourth-order valence-corrected chi connectivity index (χ4v) is 3.48. The van der Waals surface area contributed by atoms with Crippen molar-refractivity contribution < 1.29 is 35.7 Å². The molecular weight excluding hydrogens is 342 g/mol. The monoisotopic (exact) mass is 383 g/mol. The molecule has 8 nitrogen and oxygen atoms in total. The van der Waals surface area contributed by atoms with E-state index in [4.69, 9.17) is 10.8 Å². The fourth-order valence-electron chi connectivity index (χ4n) is 3.48. The van der Waals surface area contributed by atoms with E-state index in [-0.39, 0.29) is 12.3 Å². The van der Waals surface area contributed by atoms with Gasteiger partial charge in [0, 0.05) is 25.5 Å². The topological polar surface area (TPSA) is 168 Å². The molecule has 9 unspecified atom stereocenters. The number of hydrogen-bond donors (Lipinski definition) is 8.